The molecule has 3 heterocycles. The fourth-order valence-corrected chi connectivity index (χ4v) is 5.42. The monoisotopic (exact) mass is 463 g/mol. The molecule has 0 fully saturated rings. The number of anilines is 1. The third-order valence-electron chi connectivity index (χ3n) is 4.10. The number of nitrogens with zero attached hydrogens (tertiary/aromatic N) is 3. The van der Waals surface area contributed by atoms with Crippen molar-refractivity contribution in [1.82, 2.24) is 9.97 Å². The normalized spacial score (nSPS) is 11.7. The lowest BCUT2D eigenvalue weighted by atomic mass is 10.2. The molecule has 0 N–H and O–H groups in total. The van der Waals surface area contributed by atoms with Crippen LogP contribution in [0.25, 0.3) is 10.2 Å². The zero-order valence-corrected chi connectivity index (χ0v) is 18.3. The Morgan fingerprint density at radius 1 is 1.17 bits per heavy atom. The summed E-state index contributed by atoms with van der Waals surface area (Å²) in [7, 11) is -3.33. The highest BCUT2D eigenvalue weighted by Gasteiger charge is 2.23. The number of benzene rings is 1. The van der Waals surface area contributed by atoms with Gasteiger partial charge in [0.05, 0.1) is 30.9 Å². The predicted molar refractivity (Wildman–Crippen MR) is 117 cm³/mol. The molecule has 6 nitrogen and oxygen atoms in total. The Bertz CT molecular complexity index is 1300. The van der Waals surface area contributed by atoms with Crippen molar-refractivity contribution in [2.24, 2.45) is 0 Å². The smallest absolute Gasteiger partial charge is 0.270 e. The summed E-state index contributed by atoms with van der Waals surface area (Å²) in [5, 5.41) is 0.476. The van der Waals surface area contributed by atoms with Crippen LogP contribution in [-0.4, -0.2) is 30.5 Å². The topological polar surface area (TPSA) is 80.2 Å². The van der Waals surface area contributed by atoms with E-state index in [1.807, 2.05) is 6.07 Å². The highest BCUT2D eigenvalue weighted by Crippen LogP contribution is 2.33. The van der Waals surface area contributed by atoms with E-state index in [0.29, 0.717) is 24.6 Å². The molecule has 148 valence electrons. The zero-order chi connectivity index (χ0) is 20.6. The van der Waals surface area contributed by atoms with Crippen molar-refractivity contribution in [2.75, 3.05) is 11.2 Å². The Balaban J connectivity index is 1.78. The van der Waals surface area contributed by atoms with Gasteiger partial charge in [-0.2, -0.15) is 0 Å². The van der Waals surface area contributed by atoms with E-state index in [1.165, 1.54) is 28.7 Å². The van der Waals surface area contributed by atoms with Gasteiger partial charge in [-0.15, -0.1) is 11.3 Å². The number of carbonyl (C=O) groups excluding carboxylic acids is 1. The first-order chi connectivity index (χ1) is 13.8. The first-order valence-corrected chi connectivity index (χ1v) is 12.3. The quantitative estimate of drug-likeness (QED) is 0.430. The van der Waals surface area contributed by atoms with E-state index < -0.39 is 9.84 Å². The number of halogens is 1. The molecule has 0 unspecified atom stereocenters. The van der Waals surface area contributed by atoms with Crippen molar-refractivity contribution in [2.45, 2.75) is 11.4 Å². The number of carbonyl (C=O) groups is 1. The van der Waals surface area contributed by atoms with E-state index >= 15 is 0 Å². The summed E-state index contributed by atoms with van der Waals surface area (Å²) >= 11 is 8.47. The third kappa shape index (κ3) is 4.32. The number of rotatable bonds is 5. The lowest BCUT2D eigenvalue weighted by Gasteiger charge is -2.19. The van der Waals surface area contributed by atoms with Crippen LogP contribution >= 0.6 is 34.3 Å². The van der Waals surface area contributed by atoms with Crippen molar-refractivity contribution in [1.29, 1.82) is 0 Å². The molecule has 10 heteroatoms. The van der Waals surface area contributed by atoms with E-state index in [1.54, 1.807) is 47.6 Å². The van der Waals surface area contributed by atoms with Gasteiger partial charge in [0.1, 0.15) is 0 Å². The average Bonchev–Trinajstić information content (AvgIpc) is 3.31. The molecule has 0 radical (unpaired) electrons. The number of aromatic nitrogens is 2. The van der Waals surface area contributed by atoms with E-state index in [9.17, 15) is 13.2 Å². The minimum Gasteiger partial charge on any atom is -0.279 e. The average molecular weight is 464 g/mol. The fourth-order valence-electron chi connectivity index (χ4n) is 2.70. The summed E-state index contributed by atoms with van der Waals surface area (Å²) in [6.45, 7) is 0.279. The van der Waals surface area contributed by atoms with Gasteiger partial charge in [-0.1, -0.05) is 29.0 Å². The molecule has 4 aromatic rings. The second-order valence-corrected chi connectivity index (χ2v) is 11.0. The van der Waals surface area contributed by atoms with Gasteiger partial charge in [0, 0.05) is 18.6 Å². The maximum Gasteiger partial charge on any atom is 0.270 e. The van der Waals surface area contributed by atoms with Crippen LogP contribution in [0.3, 0.4) is 0 Å². The van der Waals surface area contributed by atoms with Gasteiger partial charge in [-0.25, -0.2) is 13.4 Å². The number of thiophene rings is 1. The SMILES string of the molecule is CS(=O)(=O)c1ccc2nc(N(Cc3cccnc3)C(=O)c3ccc(Cl)s3)sc2c1. The van der Waals surface area contributed by atoms with Crippen LogP contribution in [0.1, 0.15) is 15.2 Å². The maximum absolute atomic E-state index is 13.2. The van der Waals surface area contributed by atoms with Crippen molar-refractivity contribution in [3.8, 4) is 0 Å². The van der Waals surface area contributed by atoms with Crippen LogP contribution in [-0.2, 0) is 16.4 Å². The number of sulfone groups is 1. The largest absolute Gasteiger partial charge is 0.279 e. The van der Waals surface area contributed by atoms with Gasteiger partial charge >= 0.3 is 0 Å². The van der Waals surface area contributed by atoms with Crippen LogP contribution < -0.4 is 4.90 Å². The van der Waals surface area contributed by atoms with Gasteiger partial charge in [0.15, 0.2) is 15.0 Å². The zero-order valence-electron chi connectivity index (χ0n) is 15.1. The highest BCUT2D eigenvalue weighted by molar-refractivity contribution is 7.90. The molecule has 1 aromatic carbocycles. The Hall–Kier alpha value is -2.33. The molecule has 0 aliphatic rings. The molecule has 4 rings (SSSR count). The lowest BCUT2D eigenvalue weighted by Crippen LogP contribution is -2.29. The Kier molecular flexibility index (Phi) is 5.39. The van der Waals surface area contributed by atoms with Gasteiger partial charge in [-0.05, 0) is 42.0 Å². The molecule has 1 amide bonds. The minimum atomic E-state index is -3.33. The Morgan fingerprint density at radius 3 is 2.66 bits per heavy atom. The summed E-state index contributed by atoms with van der Waals surface area (Å²) < 4.78 is 24.9. The number of thiazole rings is 1. The Morgan fingerprint density at radius 2 is 2.00 bits per heavy atom. The van der Waals surface area contributed by atoms with Crippen molar-refractivity contribution in [3.63, 3.8) is 0 Å². The Labute approximate surface area is 180 Å². The second kappa shape index (κ2) is 7.83. The van der Waals surface area contributed by atoms with Crippen LogP contribution in [0.15, 0.2) is 59.8 Å². The summed E-state index contributed by atoms with van der Waals surface area (Å²) in [5.41, 5.74) is 1.48. The van der Waals surface area contributed by atoms with E-state index in [0.717, 1.165) is 11.8 Å². The molecule has 0 atom stereocenters. The third-order valence-corrected chi connectivity index (χ3v) is 7.47. The standard InChI is InChI=1S/C19H14ClN3O3S3/c1-29(25,26)13-4-5-14-16(9-13)28-19(22-14)23(11-12-3-2-8-21-10-12)18(24)15-6-7-17(20)27-15/h2-10H,11H2,1H3. The number of amides is 1. The van der Waals surface area contributed by atoms with Crippen LogP contribution in [0.4, 0.5) is 5.13 Å². The molecule has 0 bridgehead atoms. The highest BCUT2D eigenvalue weighted by atomic mass is 35.5. The molecule has 3 aromatic heterocycles. The van der Waals surface area contributed by atoms with Gasteiger partial charge in [-0.3, -0.25) is 14.7 Å². The molecule has 0 spiro atoms. The van der Waals surface area contributed by atoms with E-state index in [4.69, 9.17) is 11.6 Å². The lowest BCUT2D eigenvalue weighted by molar-refractivity contribution is 0.0989. The van der Waals surface area contributed by atoms with Gasteiger partial charge in [0.25, 0.3) is 5.91 Å². The van der Waals surface area contributed by atoms with Gasteiger partial charge < -0.3 is 0 Å². The van der Waals surface area contributed by atoms with Crippen molar-refractivity contribution >= 4 is 65.4 Å². The summed E-state index contributed by atoms with van der Waals surface area (Å²) in [6, 6.07) is 11.8. The summed E-state index contributed by atoms with van der Waals surface area (Å²) in [6.07, 6.45) is 4.52. The number of hydrogen-bond acceptors (Lipinski definition) is 7. The second-order valence-electron chi connectivity index (χ2n) is 6.25. The molecule has 0 aliphatic carbocycles. The van der Waals surface area contributed by atoms with Crippen molar-refractivity contribution in [3.05, 3.63) is 69.6 Å². The first kappa shape index (κ1) is 20.0. The van der Waals surface area contributed by atoms with Crippen LogP contribution in [0, 0.1) is 0 Å². The van der Waals surface area contributed by atoms with E-state index in [-0.39, 0.29) is 17.3 Å². The molecular formula is C19H14ClN3O3S3. The van der Waals surface area contributed by atoms with Crippen molar-refractivity contribution < 1.29 is 13.2 Å². The first-order valence-electron chi connectivity index (χ1n) is 8.38. The maximum atomic E-state index is 13.2. The molecule has 0 saturated heterocycles. The number of fused-ring (bicyclic) bond motifs is 1. The van der Waals surface area contributed by atoms with Crippen LogP contribution in [0.5, 0.6) is 0 Å². The van der Waals surface area contributed by atoms with E-state index in [2.05, 4.69) is 9.97 Å². The van der Waals surface area contributed by atoms with Crippen LogP contribution in [0.2, 0.25) is 4.34 Å². The predicted octanol–water partition coefficient (Wildman–Crippen LogP) is 4.66. The fraction of sp³-hybridized carbons (Fsp3) is 0.105. The summed E-state index contributed by atoms with van der Waals surface area (Å²) in [4.78, 5) is 24.1. The number of pyridine rings is 1. The molecule has 0 saturated carbocycles. The minimum absolute atomic E-state index is 0.218. The number of hydrogen-bond donors (Lipinski definition) is 0. The van der Waals surface area contributed by atoms with Gasteiger partial charge in [0.2, 0.25) is 0 Å². The molecule has 29 heavy (non-hydrogen) atoms. The molecular weight excluding hydrogens is 450 g/mol. The summed E-state index contributed by atoms with van der Waals surface area (Å²) in [5.74, 6) is -0.229. The molecule has 0 aliphatic heterocycles.